The normalized spacial score (nSPS) is 15.0. The molecule has 0 bridgehead atoms. The van der Waals surface area contributed by atoms with Crippen molar-refractivity contribution in [1.29, 1.82) is 0 Å². The second kappa shape index (κ2) is 8.93. The maximum absolute atomic E-state index is 4.84. The molecule has 1 aromatic carbocycles. The summed E-state index contributed by atoms with van der Waals surface area (Å²) in [7, 11) is 0. The largest absolute Gasteiger partial charge is 0.356 e. The zero-order chi connectivity index (χ0) is 19.2. The van der Waals surface area contributed by atoms with Gasteiger partial charge in [-0.25, -0.2) is 9.97 Å². The molecule has 5 nitrogen and oxygen atoms in total. The van der Waals surface area contributed by atoms with Crippen molar-refractivity contribution in [1.82, 2.24) is 20.3 Å². The van der Waals surface area contributed by atoms with Crippen molar-refractivity contribution in [2.75, 3.05) is 24.5 Å². The highest BCUT2D eigenvalue weighted by molar-refractivity contribution is 5.57. The topological polar surface area (TPSA) is 53.9 Å². The summed E-state index contributed by atoms with van der Waals surface area (Å²) in [6.45, 7) is 5.11. The Bertz CT molecular complexity index is 874. The van der Waals surface area contributed by atoms with E-state index in [2.05, 4.69) is 50.5 Å². The Morgan fingerprint density at radius 3 is 2.50 bits per heavy atom. The molecule has 0 amide bonds. The summed E-state index contributed by atoms with van der Waals surface area (Å²) >= 11 is 0. The van der Waals surface area contributed by atoms with Gasteiger partial charge in [-0.2, -0.15) is 0 Å². The molecule has 0 radical (unpaired) electrons. The molecule has 1 fully saturated rings. The fraction of sp³-hybridized carbons (Fsp3) is 0.348. The second-order valence-corrected chi connectivity index (χ2v) is 7.38. The van der Waals surface area contributed by atoms with Crippen molar-refractivity contribution in [2.45, 2.75) is 32.2 Å². The van der Waals surface area contributed by atoms with Crippen molar-refractivity contribution in [3.05, 3.63) is 72.2 Å². The Balaban J connectivity index is 1.33. The highest BCUT2D eigenvalue weighted by Crippen LogP contribution is 2.22. The first-order valence-corrected chi connectivity index (χ1v) is 10.1. The van der Waals surface area contributed by atoms with Crippen LogP contribution in [0, 0.1) is 6.92 Å². The molecule has 144 valence electrons. The first-order valence-electron chi connectivity index (χ1n) is 10.1. The van der Waals surface area contributed by atoms with Crippen LogP contribution < -0.4 is 10.2 Å². The van der Waals surface area contributed by atoms with Gasteiger partial charge in [-0.1, -0.05) is 30.3 Å². The third-order valence-electron chi connectivity index (χ3n) is 5.29. The van der Waals surface area contributed by atoms with Gasteiger partial charge in [0.1, 0.15) is 5.82 Å². The van der Waals surface area contributed by atoms with Crippen LogP contribution in [0.15, 0.2) is 60.9 Å². The van der Waals surface area contributed by atoms with Crippen LogP contribution in [-0.4, -0.2) is 40.6 Å². The second-order valence-electron chi connectivity index (χ2n) is 7.38. The van der Waals surface area contributed by atoms with Gasteiger partial charge in [0.2, 0.25) is 0 Å². The van der Waals surface area contributed by atoms with Crippen LogP contribution in [0.2, 0.25) is 0 Å². The van der Waals surface area contributed by atoms with Crippen LogP contribution in [0.1, 0.15) is 24.1 Å². The molecule has 1 aliphatic heterocycles. The van der Waals surface area contributed by atoms with Crippen LogP contribution in [0.4, 0.5) is 5.82 Å². The summed E-state index contributed by atoms with van der Waals surface area (Å²) < 4.78 is 0. The lowest BCUT2D eigenvalue weighted by atomic mass is 10.0. The minimum atomic E-state index is 0.578. The summed E-state index contributed by atoms with van der Waals surface area (Å²) in [5, 5.41) is 3.71. The van der Waals surface area contributed by atoms with E-state index < -0.39 is 0 Å². The number of hydrogen-bond acceptors (Lipinski definition) is 5. The summed E-state index contributed by atoms with van der Waals surface area (Å²) in [5.41, 5.74) is 3.42. The van der Waals surface area contributed by atoms with E-state index in [9.17, 15) is 0 Å². The van der Waals surface area contributed by atoms with E-state index in [0.717, 1.165) is 61.8 Å². The predicted molar refractivity (Wildman–Crippen MR) is 113 cm³/mol. The molecule has 1 N–H and O–H groups in total. The van der Waals surface area contributed by atoms with E-state index in [1.54, 1.807) is 0 Å². The van der Waals surface area contributed by atoms with E-state index in [1.165, 1.54) is 5.56 Å². The van der Waals surface area contributed by atoms with Crippen molar-refractivity contribution < 1.29 is 0 Å². The van der Waals surface area contributed by atoms with Crippen molar-refractivity contribution in [2.24, 2.45) is 0 Å². The average molecular weight is 374 g/mol. The minimum absolute atomic E-state index is 0.578. The highest BCUT2D eigenvalue weighted by Gasteiger charge is 2.20. The number of pyridine rings is 1. The van der Waals surface area contributed by atoms with E-state index in [1.807, 2.05) is 37.5 Å². The van der Waals surface area contributed by atoms with Gasteiger partial charge in [0, 0.05) is 48.8 Å². The number of benzene rings is 1. The number of rotatable bonds is 6. The highest BCUT2D eigenvalue weighted by atomic mass is 15.2. The molecular weight excluding hydrogens is 346 g/mol. The first-order chi connectivity index (χ1) is 13.8. The molecule has 3 aromatic rings. The van der Waals surface area contributed by atoms with Gasteiger partial charge in [0.25, 0.3) is 0 Å². The Morgan fingerprint density at radius 2 is 1.75 bits per heavy atom. The van der Waals surface area contributed by atoms with Crippen molar-refractivity contribution >= 4 is 5.82 Å². The number of nitrogens with one attached hydrogen (secondary N) is 1. The molecule has 0 unspecified atom stereocenters. The Hall–Kier alpha value is -2.79. The maximum Gasteiger partial charge on any atom is 0.161 e. The number of aromatic nitrogens is 3. The van der Waals surface area contributed by atoms with Crippen LogP contribution in [0.25, 0.3) is 11.4 Å². The molecule has 4 rings (SSSR count). The summed E-state index contributed by atoms with van der Waals surface area (Å²) in [6.07, 6.45) is 7.05. The van der Waals surface area contributed by atoms with Crippen molar-refractivity contribution in [3.63, 3.8) is 0 Å². The lowest BCUT2D eigenvalue weighted by Gasteiger charge is -2.33. The summed E-state index contributed by atoms with van der Waals surface area (Å²) in [4.78, 5) is 15.9. The first kappa shape index (κ1) is 18.6. The molecule has 1 saturated heterocycles. The van der Waals surface area contributed by atoms with Gasteiger partial charge in [-0.15, -0.1) is 0 Å². The van der Waals surface area contributed by atoms with Crippen LogP contribution in [-0.2, 0) is 6.42 Å². The SMILES string of the molecule is Cc1cc(N2CCC(NCCc3ccncc3)CC2)nc(-c2ccccc2)n1. The fourth-order valence-electron chi connectivity index (χ4n) is 3.71. The lowest BCUT2D eigenvalue weighted by molar-refractivity contribution is 0.416. The van der Waals surface area contributed by atoms with Gasteiger partial charge in [-0.3, -0.25) is 4.98 Å². The smallest absolute Gasteiger partial charge is 0.161 e. The number of hydrogen-bond donors (Lipinski definition) is 1. The molecule has 3 heterocycles. The Kier molecular flexibility index (Phi) is 5.92. The molecule has 0 spiro atoms. The van der Waals surface area contributed by atoms with Gasteiger partial charge in [-0.05, 0) is 50.4 Å². The average Bonchev–Trinajstić information content (AvgIpc) is 2.75. The lowest BCUT2D eigenvalue weighted by Crippen LogP contribution is -2.43. The predicted octanol–water partition coefficient (Wildman–Crippen LogP) is 3.65. The molecule has 2 aromatic heterocycles. The number of anilines is 1. The van der Waals surface area contributed by atoms with Gasteiger partial charge in [0.15, 0.2) is 5.82 Å². The molecule has 28 heavy (non-hydrogen) atoms. The number of aryl methyl sites for hydroxylation is 1. The molecule has 1 aliphatic rings. The number of piperidine rings is 1. The standard InChI is InChI=1S/C23H27N5/c1-18-17-22(27-23(26-18)20-5-3-2-4-6-20)28-15-10-21(11-16-28)25-14-9-19-7-12-24-13-8-19/h2-8,12-13,17,21,25H,9-11,14-16H2,1H3. The van der Waals surface area contributed by atoms with Gasteiger partial charge >= 0.3 is 0 Å². The Labute approximate surface area is 166 Å². The zero-order valence-corrected chi connectivity index (χ0v) is 16.4. The molecular formula is C23H27N5. The van der Waals surface area contributed by atoms with Crippen molar-refractivity contribution in [3.8, 4) is 11.4 Å². The monoisotopic (exact) mass is 373 g/mol. The van der Waals surface area contributed by atoms with Crippen LogP contribution in [0.3, 0.4) is 0 Å². The minimum Gasteiger partial charge on any atom is -0.356 e. The van der Waals surface area contributed by atoms with E-state index in [0.29, 0.717) is 6.04 Å². The third-order valence-corrected chi connectivity index (χ3v) is 5.29. The molecule has 0 saturated carbocycles. The quantitative estimate of drug-likeness (QED) is 0.715. The third kappa shape index (κ3) is 4.73. The number of nitrogens with zero attached hydrogens (tertiary/aromatic N) is 4. The van der Waals surface area contributed by atoms with E-state index >= 15 is 0 Å². The van der Waals surface area contributed by atoms with Gasteiger partial charge in [0.05, 0.1) is 0 Å². The van der Waals surface area contributed by atoms with Crippen LogP contribution in [0.5, 0.6) is 0 Å². The molecule has 0 atom stereocenters. The van der Waals surface area contributed by atoms with Crippen LogP contribution >= 0.6 is 0 Å². The van der Waals surface area contributed by atoms with E-state index in [4.69, 9.17) is 4.98 Å². The zero-order valence-electron chi connectivity index (χ0n) is 16.4. The summed E-state index contributed by atoms with van der Waals surface area (Å²) in [5.74, 6) is 1.86. The molecule has 5 heteroatoms. The molecule has 0 aliphatic carbocycles. The summed E-state index contributed by atoms with van der Waals surface area (Å²) in [6, 6.07) is 17.1. The Morgan fingerprint density at radius 1 is 1.00 bits per heavy atom. The maximum atomic E-state index is 4.84. The fourth-order valence-corrected chi connectivity index (χ4v) is 3.71. The van der Waals surface area contributed by atoms with Gasteiger partial charge < -0.3 is 10.2 Å². The van der Waals surface area contributed by atoms with E-state index in [-0.39, 0.29) is 0 Å².